The third kappa shape index (κ3) is 6.71. The minimum Gasteiger partial charge on any atom is -0.489 e. The summed E-state index contributed by atoms with van der Waals surface area (Å²) in [7, 11) is 0. The first-order valence-corrected chi connectivity index (χ1v) is 13.6. The van der Waals surface area contributed by atoms with E-state index in [1.807, 2.05) is 6.07 Å². The highest BCUT2D eigenvalue weighted by atomic mass is 32.2. The van der Waals surface area contributed by atoms with E-state index in [9.17, 15) is 23.5 Å². The molecule has 38 heavy (non-hydrogen) atoms. The summed E-state index contributed by atoms with van der Waals surface area (Å²) in [4.78, 5) is 26.9. The number of benzene rings is 3. The zero-order valence-electron chi connectivity index (χ0n) is 21.0. The van der Waals surface area contributed by atoms with Crippen molar-refractivity contribution in [1.29, 1.82) is 0 Å². The zero-order valence-corrected chi connectivity index (χ0v) is 21.8. The van der Waals surface area contributed by atoms with Crippen LogP contribution in [0.3, 0.4) is 0 Å². The third-order valence-corrected chi connectivity index (χ3v) is 7.51. The molecule has 6 nitrogen and oxygen atoms in total. The van der Waals surface area contributed by atoms with E-state index in [2.05, 4.69) is 0 Å². The standard InChI is InChI=1S/C29H30F2N2O4S/c1-38-27-15-26(31)25(30)14-24(27)19-5-11-23(12-6-19)37-17-18-3-2-4-20(13-18)29(36)33(16-28(34)35)22-9-7-21(32)8-10-22/h2-6,11-15,21-22H,7-10,16-17,32H2,1H3,(H,34,35). The van der Waals surface area contributed by atoms with E-state index in [1.54, 1.807) is 48.7 Å². The minimum absolute atomic E-state index is 0.0898. The molecule has 1 saturated carbocycles. The predicted octanol–water partition coefficient (Wildman–Crippen LogP) is 5.73. The summed E-state index contributed by atoms with van der Waals surface area (Å²) >= 11 is 1.34. The van der Waals surface area contributed by atoms with E-state index in [0.29, 0.717) is 34.6 Å². The van der Waals surface area contributed by atoms with Gasteiger partial charge in [-0.15, -0.1) is 11.8 Å². The second-order valence-corrected chi connectivity index (χ2v) is 10.2. The molecule has 0 bridgehead atoms. The Bertz CT molecular complexity index is 1290. The first-order chi connectivity index (χ1) is 18.2. The Labute approximate surface area is 224 Å². The summed E-state index contributed by atoms with van der Waals surface area (Å²) in [6.45, 7) is -0.166. The summed E-state index contributed by atoms with van der Waals surface area (Å²) in [5.41, 5.74) is 8.47. The van der Waals surface area contributed by atoms with Crippen LogP contribution >= 0.6 is 11.8 Å². The molecule has 1 aliphatic rings. The van der Waals surface area contributed by atoms with Crippen molar-refractivity contribution >= 4 is 23.6 Å². The average molecular weight is 541 g/mol. The molecule has 1 amide bonds. The number of thioether (sulfide) groups is 1. The summed E-state index contributed by atoms with van der Waals surface area (Å²) in [6, 6.07) is 16.3. The lowest BCUT2D eigenvalue weighted by Crippen LogP contribution is -2.46. The van der Waals surface area contributed by atoms with Crippen LogP contribution in [0, 0.1) is 11.6 Å². The van der Waals surface area contributed by atoms with Gasteiger partial charge in [-0.1, -0.05) is 24.3 Å². The summed E-state index contributed by atoms with van der Waals surface area (Å²) in [5, 5.41) is 9.40. The van der Waals surface area contributed by atoms with Crippen molar-refractivity contribution in [3.8, 4) is 16.9 Å². The molecule has 0 saturated heterocycles. The SMILES string of the molecule is CSc1cc(F)c(F)cc1-c1ccc(OCc2cccc(C(=O)N(CC(=O)O)C3CCC(N)CC3)c2)cc1. The Morgan fingerprint density at radius 1 is 1.03 bits per heavy atom. The third-order valence-electron chi connectivity index (χ3n) is 6.74. The number of nitrogens with two attached hydrogens (primary N) is 1. The molecule has 0 radical (unpaired) electrons. The minimum atomic E-state index is -1.05. The Kier molecular flexibility index (Phi) is 9.01. The van der Waals surface area contributed by atoms with Crippen molar-refractivity contribution in [1.82, 2.24) is 4.90 Å². The van der Waals surface area contributed by atoms with Gasteiger partial charge in [0.05, 0.1) is 0 Å². The Morgan fingerprint density at radius 3 is 2.37 bits per heavy atom. The van der Waals surface area contributed by atoms with E-state index in [-0.39, 0.29) is 31.1 Å². The maximum absolute atomic E-state index is 13.8. The number of carbonyl (C=O) groups excluding carboxylic acids is 1. The molecule has 0 heterocycles. The van der Waals surface area contributed by atoms with E-state index in [0.717, 1.165) is 24.0 Å². The van der Waals surface area contributed by atoms with Crippen LogP contribution in [0.5, 0.6) is 5.75 Å². The van der Waals surface area contributed by atoms with Gasteiger partial charge in [0.2, 0.25) is 0 Å². The molecule has 0 aromatic heterocycles. The molecular weight excluding hydrogens is 510 g/mol. The van der Waals surface area contributed by atoms with E-state index >= 15 is 0 Å². The number of carboxylic acids is 1. The van der Waals surface area contributed by atoms with Gasteiger partial charge in [0.15, 0.2) is 11.6 Å². The largest absolute Gasteiger partial charge is 0.489 e. The molecule has 9 heteroatoms. The molecule has 4 rings (SSSR count). The number of halogens is 2. The number of nitrogens with zero attached hydrogens (tertiary/aromatic N) is 1. The Morgan fingerprint density at radius 2 is 1.71 bits per heavy atom. The Balaban J connectivity index is 1.44. The summed E-state index contributed by atoms with van der Waals surface area (Å²) in [5.74, 6) is -2.58. The fourth-order valence-electron chi connectivity index (χ4n) is 4.71. The molecule has 1 aliphatic carbocycles. The molecule has 1 fully saturated rings. The highest BCUT2D eigenvalue weighted by Crippen LogP contribution is 2.33. The molecule has 0 aliphatic heterocycles. The smallest absolute Gasteiger partial charge is 0.323 e. The maximum Gasteiger partial charge on any atom is 0.323 e. The second kappa shape index (κ2) is 12.4. The van der Waals surface area contributed by atoms with Gasteiger partial charge in [-0.3, -0.25) is 9.59 Å². The van der Waals surface area contributed by atoms with E-state index in [4.69, 9.17) is 10.5 Å². The van der Waals surface area contributed by atoms with E-state index < -0.39 is 17.6 Å². The number of rotatable bonds is 9. The van der Waals surface area contributed by atoms with Gasteiger partial charge in [-0.05, 0) is 85.0 Å². The number of carbonyl (C=O) groups is 2. The number of carboxylic acid groups (broad SMARTS) is 1. The van der Waals surface area contributed by atoms with Gasteiger partial charge < -0.3 is 20.5 Å². The summed E-state index contributed by atoms with van der Waals surface area (Å²) < 4.78 is 33.3. The van der Waals surface area contributed by atoms with Gasteiger partial charge in [0.1, 0.15) is 18.9 Å². The lowest BCUT2D eigenvalue weighted by Gasteiger charge is -2.35. The van der Waals surface area contributed by atoms with Gasteiger partial charge in [-0.25, -0.2) is 8.78 Å². The van der Waals surface area contributed by atoms with Crippen molar-refractivity contribution in [3.63, 3.8) is 0 Å². The molecule has 0 spiro atoms. The van der Waals surface area contributed by atoms with Gasteiger partial charge in [-0.2, -0.15) is 0 Å². The zero-order chi connectivity index (χ0) is 27.2. The lowest BCUT2D eigenvalue weighted by atomic mass is 9.90. The molecule has 200 valence electrons. The van der Waals surface area contributed by atoms with Crippen LogP contribution in [0.4, 0.5) is 8.78 Å². The highest BCUT2D eigenvalue weighted by molar-refractivity contribution is 7.98. The predicted molar refractivity (Wildman–Crippen MR) is 143 cm³/mol. The average Bonchev–Trinajstić information content (AvgIpc) is 2.92. The first kappa shape index (κ1) is 27.6. The van der Waals surface area contributed by atoms with Crippen LogP contribution in [-0.4, -0.2) is 46.8 Å². The number of aliphatic carboxylic acids is 1. The van der Waals surface area contributed by atoms with Crippen LogP contribution in [-0.2, 0) is 11.4 Å². The lowest BCUT2D eigenvalue weighted by molar-refractivity contribution is -0.138. The van der Waals surface area contributed by atoms with Crippen molar-refractivity contribution in [2.24, 2.45) is 5.73 Å². The van der Waals surface area contributed by atoms with Gasteiger partial charge >= 0.3 is 5.97 Å². The molecule has 0 unspecified atom stereocenters. The second-order valence-electron chi connectivity index (χ2n) is 9.38. The first-order valence-electron chi connectivity index (χ1n) is 12.4. The van der Waals surface area contributed by atoms with Crippen molar-refractivity contribution in [2.45, 2.75) is 49.3 Å². The van der Waals surface area contributed by atoms with Crippen LogP contribution in [0.15, 0.2) is 65.6 Å². The molecule has 0 atom stereocenters. The van der Waals surface area contributed by atoms with Gasteiger partial charge in [0, 0.05) is 22.5 Å². The fraction of sp³-hybridized carbons (Fsp3) is 0.310. The summed E-state index contributed by atoms with van der Waals surface area (Å²) in [6.07, 6.45) is 4.69. The van der Waals surface area contributed by atoms with Crippen molar-refractivity contribution < 1.29 is 28.2 Å². The number of ether oxygens (including phenoxy) is 1. The Hall–Kier alpha value is -3.43. The normalized spacial score (nSPS) is 17.2. The molecule has 3 aromatic carbocycles. The molecular formula is C29H30F2N2O4S. The highest BCUT2D eigenvalue weighted by Gasteiger charge is 2.30. The van der Waals surface area contributed by atoms with Crippen LogP contribution in [0.25, 0.3) is 11.1 Å². The fourth-order valence-corrected chi connectivity index (χ4v) is 5.32. The molecule has 3 N–H and O–H groups in total. The number of amides is 1. The topological polar surface area (TPSA) is 92.9 Å². The monoisotopic (exact) mass is 540 g/mol. The van der Waals surface area contributed by atoms with Crippen LogP contribution in [0.2, 0.25) is 0 Å². The number of hydrogen-bond donors (Lipinski definition) is 2. The van der Waals surface area contributed by atoms with Crippen molar-refractivity contribution in [2.75, 3.05) is 12.8 Å². The number of hydrogen-bond acceptors (Lipinski definition) is 5. The van der Waals surface area contributed by atoms with Gasteiger partial charge in [0.25, 0.3) is 5.91 Å². The molecule has 3 aromatic rings. The van der Waals surface area contributed by atoms with Crippen LogP contribution in [0.1, 0.15) is 41.6 Å². The van der Waals surface area contributed by atoms with E-state index in [1.165, 1.54) is 28.8 Å². The van der Waals surface area contributed by atoms with Crippen molar-refractivity contribution in [3.05, 3.63) is 83.4 Å². The van der Waals surface area contributed by atoms with Crippen LogP contribution < -0.4 is 10.5 Å². The maximum atomic E-state index is 13.8. The quantitative estimate of drug-likeness (QED) is 0.337.